The third kappa shape index (κ3) is 2.79. The standard InChI is InChI=1S/C24H17N3/c1-2-10-18(11-3-1)23-25-24(27-26-23)22-15-7-6-14-21(22)20-16-8-12-17-9-4-5-13-19(17)20/h1-16H,(H,25,26,27). The van der Waals surface area contributed by atoms with Gasteiger partial charge in [0.25, 0.3) is 0 Å². The minimum absolute atomic E-state index is 0.775. The van der Waals surface area contributed by atoms with Crippen LogP contribution in [0, 0.1) is 0 Å². The predicted octanol–water partition coefficient (Wildman–Crippen LogP) is 5.96. The lowest BCUT2D eigenvalue weighted by Crippen LogP contribution is -1.88. The molecule has 0 saturated carbocycles. The molecule has 0 fully saturated rings. The molecule has 0 amide bonds. The Hall–Kier alpha value is -3.72. The van der Waals surface area contributed by atoms with Crippen molar-refractivity contribution < 1.29 is 0 Å². The van der Waals surface area contributed by atoms with E-state index in [1.165, 1.54) is 16.3 Å². The largest absolute Gasteiger partial charge is 0.321 e. The Morgan fingerprint density at radius 2 is 1.11 bits per heavy atom. The molecule has 128 valence electrons. The normalized spacial score (nSPS) is 11.0. The third-order valence-corrected chi connectivity index (χ3v) is 4.80. The Labute approximate surface area is 157 Å². The number of hydrogen-bond acceptors (Lipinski definition) is 2. The highest BCUT2D eigenvalue weighted by molar-refractivity contribution is 5.99. The molecule has 0 aliphatic rings. The number of fused-ring (bicyclic) bond motifs is 1. The van der Waals surface area contributed by atoms with Crippen LogP contribution in [-0.2, 0) is 0 Å². The molecule has 0 unspecified atom stereocenters. The van der Waals surface area contributed by atoms with Crippen molar-refractivity contribution in [2.45, 2.75) is 0 Å². The van der Waals surface area contributed by atoms with Gasteiger partial charge in [-0.2, -0.15) is 0 Å². The molecule has 0 saturated heterocycles. The number of rotatable bonds is 3. The van der Waals surface area contributed by atoms with Crippen LogP contribution in [0.25, 0.3) is 44.7 Å². The van der Waals surface area contributed by atoms with E-state index in [9.17, 15) is 0 Å². The first kappa shape index (κ1) is 15.5. The van der Waals surface area contributed by atoms with Crippen LogP contribution in [0.4, 0.5) is 0 Å². The second-order valence-electron chi connectivity index (χ2n) is 6.46. The van der Waals surface area contributed by atoms with Gasteiger partial charge in [0.15, 0.2) is 11.6 Å². The lowest BCUT2D eigenvalue weighted by atomic mass is 9.94. The number of aromatic amines is 1. The first-order valence-electron chi connectivity index (χ1n) is 8.96. The molecule has 3 nitrogen and oxygen atoms in total. The van der Waals surface area contributed by atoms with Crippen molar-refractivity contribution in [1.82, 2.24) is 15.2 Å². The molecule has 4 aromatic carbocycles. The molecule has 0 aliphatic heterocycles. The van der Waals surface area contributed by atoms with Crippen LogP contribution in [0.1, 0.15) is 0 Å². The Balaban J connectivity index is 1.67. The Bertz CT molecular complexity index is 1220. The van der Waals surface area contributed by atoms with E-state index in [1.54, 1.807) is 0 Å². The van der Waals surface area contributed by atoms with Gasteiger partial charge in [-0.25, -0.2) is 0 Å². The highest BCUT2D eigenvalue weighted by Gasteiger charge is 2.13. The van der Waals surface area contributed by atoms with E-state index in [2.05, 4.69) is 75.8 Å². The fourth-order valence-corrected chi connectivity index (χ4v) is 3.49. The minimum Gasteiger partial charge on any atom is -0.321 e. The van der Waals surface area contributed by atoms with Gasteiger partial charge in [-0.05, 0) is 21.9 Å². The van der Waals surface area contributed by atoms with Gasteiger partial charge in [0, 0.05) is 11.1 Å². The smallest absolute Gasteiger partial charge is 0.162 e. The Morgan fingerprint density at radius 1 is 0.481 bits per heavy atom. The maximum atomic E-state index is 4.42. The number of nitrogens with one attached hydrogen (secondary N) is 1. The van der Waals surface area contributed by atoms with E-state index < -0.39 is 0 Å². The van der Waals surface area contributed by atoms with Crippen molar-refractivity contribution in [3.05, 3.63) is 97.1 Å². The van der Waals surface area contributed by atoms with Crippen molar-refractivity contribution in [3.63, 3.8) is 0 Å². The highest BCUT2D eigenvalue weighted by Crippen LogP contribution is 2.35. The molecule has 0 radical (unpaired) electrons. The van der Waals surface area contributed by atoms with Crippen LogP contribution in [0.3, 0.4) is 0 Å². The molecular formula is C24H17N3. The average molecular weight is 347 g/mol. The number of benzene rings is 4. The van der Waals surface area contributed by atoms with E-state index in [1.807, 2.05) is 36.4 Å². The van der Waals surface area contributed by atoms with Gasteiger partial charge in [0.05, 0.1) is 0 Å². The van der Waals surface area contributed by atoms with E-state index in [4.69, 9.17) is 0 Å². The molecule has 3 heteroatoms. The topological polar surface area (TPSA) is 41.6 Å². The predicted molar refractivity (Wildman–Crippen MR) is 110 cm³/mol. The zero-order valence-corrected chi connectivity index (χ0v) is 14.6. The van der Waals surface area contributed by atoms with E-state index >= 15 is 0 Å². The first-order valence-corrected chi connectivity index (χ1v) is 8.96. The molecule has 1 heterocycles. The zero-order valence-electron chi connectivity index (χ0n) is 14.6. The number of aromatic nitrogens is 3. The molecule has 0 bridgehead atoms. The van der Waals surface area contributed by atoms with E-state index in [-0.39, 0.29) is 0 Å². The van der Waals surface area contributed by atoms with Crippen LogP contribution in [-0.4, -0.2) is 15.2 Å². The van der Waals surface area contributed by atoms with Crippen LogP contribution in [0.2, 0.25) is 0 Å². The molecule has 0 atom stereocenters. The van der Waals surface area contributed by atoms with Gasteiger partial charge < -0.3 is 4.98 Å². The lowest BCUT2D eigenvalue weighted by Gasteiger charge is -2.10. The molecule has 1 N–H and O–H groups in total. The van der Waals surface area contributed by atoms with E-state index in [0.717, 1.165) is 28.3 Å². The van der Waals surface area contributed by atoms with E-state index in [0.29, 0.717) is 0 Å². The average Bonchev–Trinajstić information content (AvgIpc) is 3.24. The molecule has 0 spiro atoms. The molecule has 5 aromatic rings. The maximum Gasteiger partial charge on any atom is 0.162 e. The molecule has 0 aliphatic carbocycles. The Morgan fingerprint density at radius 3 is 2.00 bits per heavy atom. The Kier molecular flexibility index (Phi) is 3.76. The number of H-pyrrole nitrogens is 1. The summed E-state index contributed by atoms with van der Waals surface area (Å²) in [4.78, 5) is 3.38. The number of hydrogen-bond donors (Lipinski definition) is 1. The van der Waals surface area contributed by atoms with Gasteiger partial charge in [0.2, 0.25) is 0 Å². The van der Waals surface area contributed by atoms with Crippen molar-refractivity contribution in [2.24, 2.45) is 0 Å². The van der Waals surface area contributed by atoms with Crippen molar-refractivity contribution in [2.75, 3.05) is 0 Å². The van der Waals surface area contributed by atoms with Crippen molar-refractivity contribution in [1.29, 1.82) is 0 Å². The minimum atomic E-state index is 0.775. The third-order valence-electron chi connectivity index (χ3n) is 4.80. The fraction of sp³-hybridized carbons (Fsp3) is 0. The SMILES string of the molecule is c1ccc(-c2nnc(-c3ccccc3-c3cccc4ccccc34)[nH]2)cc1. The van der Waals surface area contributed by atoms with Gasteiger partial charge >= 0.3 is 0 Å². The summed E-state index contributed by atoms with van der Waals surface area (Å²) in [5.74, 6) is 1.55. The van der Waals surface area contributed by atoms with Crippen LogP contribution < -0.4 is 0 Å². The summed E-state index contributed by atoms with van der Waals surface area (Å²) in [5, 5.41) is 11.2. The molecular weight excluding hydrogens is 330 g/mol. The van der Waals surface area contributed by atoms with Crippen LogP contribution in [0.5, 0.6) is 0 Å². The monoisotopic (exact) mass is 347 g/mol. The summed E-state index contributed by atoms with van der Waals surface area (Å²) in [5.41, 5.74) is 4.41. The van der Waals surface area contributed by atoms with Gasteiger partial charge in [-0.3, -0.25) is 0 Å². The molecule has 27 heavy (non-hydrogen) atoms. The summed E-state index contributed by atoms with van der Waals surface area (Å²) >= 11 is 0. The van der Waals surface area contributed by atoms with Crippen molar-refractivity contribution in [3.8, 4) is 33.9 Å². The first-order chi connectivity index (χ1) is 13.4. The maximum absolute atomic E-state index is 4.42. The molecule has 5 rings (SSSR count). The second kappa shape index (κ2) is 6.54. The lowest BCUT2D eigenvalue weighted by molar-refractivity contribution is 1.10. The summed E-state index contributed by atoms with van der Waals surface area (Å²) in [7, 11) is 0. The number of nitrogens with zero attached hydrogens (tertiary/aromatic N) is 2. The van der Waals surface area contributed by atoms with Crippen LogP contribution >= 0.6 is 0 Å². The highest BCUT2D eigenvalue weighted by atomic mass is 15.2. The summed E-state index contributed by atoms with van der Waals surface area (Å²) in [6.07, 6.45) is 0. The van der Waals surface area contributed by atoms with Gasteiger partial charge in [-0.15, -0.1) is 10.2 Å². The quantitative estimate of drug-likeness (QED) is 0.437. The zero-order chi connectivity index (χ0) is 18.1. The summed E-state index contributed by atoms with van der Waals surface area (Å²) < 4.78 is 0. The summed E-state index contributed by atoms with van der Waals surface area (Å²) in [6.45, 7) is 0. The second-order valence-corrected chi connectivity index (χ2v) is 6.46. The molecule has 1 aromatic heterocycles. The van der Waals surface area contributed by atoms with Crippen LogP contribution in [0.15, 0.2) is 97.1 Å². The van der Waals surface area contributed by atoms with Crippen molar-refractivity contribution >= 4 is 10.8 Å². The summed E-state index contributed by atoms with van der Waals surface area (Å²) in [6, 6.07) is 33.3. The van der Waals surface area contributed by atoms with Gasteiger partial charge in [-0.1, -0.05) is 97.1 Å². The fourth-order valence-electron chi connectivity index (χ4n) is 3.49. The van der Waals surface area contributed by atoms with Gasteiger partial charge in [0.1, 0.15) is 0 Å².